The van der Waals surface area contributed by atoms with Crippen molar-refractivity contribution >= 4 is 37.9 Å². The molecule has 1 rings (SSSR count). The molecule has 0 bridgehead atoms. The highest BCUT2D eigenvalue weighted by Gasteiger charge is 2.00. The van der Waals surface area contributed by atoms with Crippen molar-refractivity contribution in [3.8, 4) is 5.75 Å². The monoisotopic (exact) mass is 318 g/mol. The number of hydrogen-bond acceptors (Lipinski definition) is 1. The van der Waals surface area contributed by atoms with Crippen LogP contribution < -0.4 is 4.74 Å². The highest BCUT2D eigenvalue weighted by atomic mass is 79.9. The molecule has 0 aromatic heterocycles. The topological polar surface area (TPSA) is 9.23 Å². The first-order chi connectivity index (χ1) is 6.67. The van der Waals surface area contributed by atoms with Crippen molar-refractivity contribution in [1.82, 2.24) is 0 Å². The molecule has 0 fully saturated rings. The van der Waals surface area contributed by atoms with Crippen LogP contribution in [0.1, 0.15) is 12.5 Å². The molecule has 0 aliphatic heterocycles. The fourth-order valence-corrected chi connectivity index (χ4v) is 1.66. The van der Waals surface area contributed by atoms with E-state index in [9.17, 15) is 0 Å². The van der Waals surface area contributed by atoms with Gasteiger partial charge >= 0.3 is 0 Å². The third-order valence-electron chi connectivity index (χ3n) is 1.80. The van der Waals surface area contributed by atoms with E-state index in [2.05, 4.69) is 44.9 Å². The van der Waals surface area contributed by atoms with E-state index in [-0.39, 0.29) is 0 Å². The Balaban J connectivity index is 3.11. The average molecular weight is 320 g/mol. The van der Waals surface area contributed by atoms with Crippen LogP contribution in [-0.4, -0.2) is 12.4 Å². The molecule has 0 saturated heterocycles. The summed E-state index contributed by atoms with van der Waals surface area (Å²) in [6.45, 7) is 2.08. The maximum atomic E-state index is 5.26. The van der Waals surface area contributed by atoms with Crippen molar-refractivity contribution in [2.75, 3.05) is 12.4 Å². The second-order valence-corrected chi connectivity index (χ2v) is 4.49. The van der Waals surface area contributed by atoms with Crippen LogP contribution in [0.15, 0.2) is 28.2 Å². The van der Waals surface area contributed by atoms with Crippen molar-refractivity contribution in [2.45, 2.75) is 6.92 Å². The van der Waals surface area contributed by atoms with Crippen LogP contribution in [0, 0.1) is 0 Å². The largest absolute Gasteiger partial charge is 0.496 e. The van der Waals surface area contributed by atoms with Gasteiger partial charge in [0, 0.05) is 15.4 Å². The van der Waals surface area contributed by atoms with Gasteiger partial charge in [-0.1, -0.05) is 43.5 Å². The van der Waals surface area contributed by atoms with Crippen molar-refractivity contribution in [1.29, 1.82) is 0 Å². The first-order valence-electron chi connectivity index (χ1n) is 4.24. The number of benzene rings is 1. The number of alkyl halides is 1. The molecule has 76 valence electrons. The van der Waals surface area contributed by atoms with Gasteiger partial charge in [-0.2, -0.15) is 0 Å². The predicted molar refractivity (Wildman–Crippen MR) is 68.1 cm³/mol. The Morgan fingerprint density at radius 3 is 2.79 bits per heavy atom. The Morgan fingerprint density at radius 1 is 1.50 bits per heavy atom. The van der Waals surface area contributed by atoms with Gasteiger partial charge in [0.2, 0.25) is 0 Å². The molecule has 1 aromatic carbocycles. The summed E-state index contributed by atoms with van der Waals surface area (Å²) < 4.78 is 6.33. The third-order valence-corrected chi connectivity index (χ3v) is 3.18. The van der Waals surface area contributed by atoms with Crippen molar-refractivity contribution in [3.05, 3.63) is 33.8 Å². The quantitative estimate of drug-likeness (QED) is 0.757. The molecule has 14 heavy (non-hydrogen) atoms. The molecule has 0 amide bonds. The molecule has 3 heteroatoms. The molecule has 0 radical (unpaired) electrons. The van der Waals surface area contributed by atoms with E-state index in [1.807, 2.05) is 18.2 Å². The van der Waals surface area contributed by atoms with E-state index in [0.717, 1.165) is 21.1 Å². The van der Waals surface area contributed by atoms with Crippen LogP contribution in [0.25, 0.3) is 6.08 Å². The van der Waals surface area contributed by atoms with Gasteiger partial charge in [0.25, 0.3) is 0 Å². The van der Waals surface area contributed by atoms with Gasteiger partial charge in [-0.25, -0.2) is 0 Å². The molecule has 0 atom stereocenters. The van der Waals surface area contributed by atoms with Gasteiger partial charge in [-0.05, 0) is 25.1 Å². The minimum atomic E-state index is 0.878. The van der Waals surface area contributed by atoms with Gasteiger partial charge < -0.3 is 4.74 Å². The maximum absolute atomic E-state index is 5.26. The first-order valence-corrected chi connectivity index (χ1v) is 6.15. The Morgan fingerprint density at radius 2 is 2.21 bits per heavy atom. The van der Waals surface area contributed by atoms with Crippen molar-refractivity contribution in [3.63, 3.8) is 0 Å². The van der Waals surface area contributed by atoms with Crippen LogP contribution in [0.2, 0.25) is 0 Å². The Bertz CT molecular complexity index is 345. The number of hydrogen-bond donors (Lipinski definition) is 0. The Kier molecular flexibility index (Phi) is 4.69. The lowest BCUT2D eigenvalue weighted by Crippen LogP contribution is -1.87. The molecule has 0 aliphatic carbocycles. The molecular weight excluding hydrogens is 308 g/mol. The van der Waals surface area contributed by atoms with Gasteiger partial charge in [0.15, 0.2) is 0 Å². The molecule has 0 N–H and O–H groups in total. The Labute approximate surface area is 101 Å². The molecule has 1 aromatic rings. The SMILES string of the molecule is COc1ccc(Br)cc1C=C(C)CBr. The molecule has 0 heterocycles. The van der Waals surface area contributed by atoms with E-state index in [0.29, 0.717) is 0 Å². The molecular formula is C11H12Br2O. The lowest BCUT2D eigenvalue weighted by molar-refractivity contribution is 0.413. The second-order valence-electron chi connectivity index (χ2n) is 3.01. The first kappa shape index (κ1) is 11.8. The van der Waals surface area contributed by atoms with E-state index in [1.54, 1.807) is 7.11 Å². The predicted octanol–water partition coefficient (Wildman–Crippen LogP) is 4.26. The average Bonchev–Trinajstić information content (AvgIpc) is 2.18. The van der Waals surface area contributed by atoms with E-state index in [4.69, 9.17) is 4.74 Å². The minimum Gasteiger partial charge on any atom is -0.496 e. The number of allylic oxidation sites excluding steroid dienone is 1. The van der Waals surface area contributed by atoms with Gasteiger partial charge in [-0.3, -0.25) is 0 Å². The summed E-state index contributed by atoms with van der Waals surface area (Å²) in [5, 5.41) is 0.878. The lowest BCUT2D eigenvalue weighted by atomic mass is 10.1. The molecule has 1 nitrogen and oxygen atoms in total. The number of halogens is 2. The zero-order valence-corrected chi connectivity index (χ0v) is 11.4. The summed E-state index contributed by atoms with van der Waals surface area (Å²) in [7, 11) is 1.68. The van der Waals surface area contributed by atoms with Crippen LogP contribution in [0.3, 0.4) is 0 Å². The summed E-state index contributed by atoms with van der Waals surface area (Å²) >= 11 is 6.86. The van der Waals surface area contributed by atoms with E-state index < -0.39 is 0 Å². The smallest absolute Gasteiger partial charge is 0.126 e. The summed E-state index contributed by atoms with van der Waals surface area (Å²) in [6, 6.07) is 5.97. The van der Waals surface area contributed by atoms with Crippen molar-refractivity contribution < 1.29 is 4.74 Å². The zero-order chi connectivity index (χ0) is 10.6. The summed E-state index contributed by atoms with van der Waals surface area (Å²) in [4.78, 5) is 0. The molecule has 0 saturated carbocycles. The summed E-state index contributed by atoms with van der Waals surface area (Å²) in [5.41, 5.74) is 2.36. The van der Waals surface area contributed by atoms with Crippen LogP contribution in [-0.2, 0) is 0 Å². The van der Waals surface area contributed by atoms with Gasteiger partial charge in [0.1, 0.15) is 5.75 Å². The zero-order valence-electron chi connectivity index (χ0n) is 8.18. The molecule has 0 aliphatic rings. The van der Waals surface area contributed by atoms with Gasteiger partial charge in [-0.15, -0.1) is 0 Å². The maximum Gasteiger partial charge on any atom is 0.126 e. The van der Waals surface area contributed by atoms with Crippen molar-refractivity contribution in [2.24, 2.45) is 0 Å². The van der Waals surface area contributed by atoms with Crippen LogP contribution >= 0.6 is 31.9 Å². The highest BCUT2D eigenvalue weighted by molar-refractivity contribution is 9.10. The van der Waals surface area contributed by atoms with Crippen LogP contribution in [0.5, 0.6) is 5.75 Å². The number of rotatable bonds is 3. The van der Waals surface area contributed by atoms with Crippen LogP contribution in [0.4, 0.5) is 0 Å². The summed E-state index contributed by atoms with van der Waals surface area (Å²) in [6.07, 6.45) is 2.11. The normalized spacial score (nSPS) is 11.6. The van der Waals surface area contributed by atoms with E-state index >= 15 is 0 Å². The van der Waals surface area contributed by atoms with E-state index in [1.165, 1.54) is 5.57 Å². The number of ether oxygens (including phenoxy) is 1. The molecule has 0 spiro atoms. The lowest BCUT2D eigenvalue weighted by Gasteiger charge is -2.05. The summed E-state index contributed by atoms with van der Waals surface area (Å²) in [5.74, 6) is 0.897. The standard InChI is InChI=1S/C11H12Br2O/c1-8(7-12)5-9-6-10(13)3-4-11(9)14-2/h3-6H,7H2,1-2H3. The van der Waals surface area contributed by atoms with Gasteiger partial charge in [0.05, 0.1) is 7.11 Å². The second kappa shape index (κ2) is 5.56. The fourth-order valence-electron chi connectivity index (χ4n) is 1.12. The fraction of sp³-hybridized carbons (Fsp3) is 0.273. The third kappa shape index (κ3) is 3.14. The number of methoxy groups -OCH3 is 1. The highest BCUT2D eigenvalue weighted by Crippen LogP contribution is 2.25. The molecule has 0 unspecified atom stereocenters. The minimum absolute atomic E-state index is 0.878. The Hall–Kier alpha value is -0.280.